The fourth-order valence-corrected chi connectivity index (χ4v) is 2.11. The second kappa shape index (κ2) is 7.94. The second-order valence-electron chi connectivity index (χ2n) is 6.27. The number of hydrogen-bond donors (Lipinski definition) is 3. The molecule has 1 aromatic rings. The van der Waals surface area contributed by atoms with E-state index in [2.05, 4.69) is 10.6 Å². The molecule has 0 heterocycles. The van der Waals surface area contributed by atoms with Crippen LogP contribution in [0.3, 0.4) is 0 Å². The fourth-order valence-electron chi connectivity index (χ4n) is 2.11. The normalized spacial score (nSPS) is 11.1. The maximum absolute atomic E-state index is 11.9. The average molecular weight is 306 g/mol. The van der Waals surface area contributed by atoms with E-state index in [1.807, 2.05) is 39.8 Å². The summed E-state index contributed by atoms with van der Waals surface area (Å²) in [5, 5.41) is 14.2. The van der Waals surface area contributed by atoms with Crippen molar-refractivity contribution in [1.29, 1.82) is 0 Å². The van der Waals surface area contributed by atoms with Gasteiger partial charge >= 0.3 is 11.8 Å². The Morgan fingerprint density at radius 1 is 1.23 bits per heavy atom. The van der Waals surface area contributed by atoms with Crippen LogP contribution >= 0.6 is 0 Å². The summed E-state index contributed by atoms with van der Waals surface area (Å²) >= 11 is 0. The van der Waals surface area contributed by atoms with E-state index in [1.54, 1.807) is 6.07 Å². The lowest BCUT2D eigenvalue weighted by Gasteiger charge is -2.23. The van der Waals surface area contributed by atoms with E-state index in [0.29, 0.717) is 18.7 Å². The molecule has 0 saturated carbocycles. The molecular formula is C17H26N2O3. The SMILES string of the molecule is CCc1cc(NC(=O)C(=O)NCC(C)(C)CCO)ccc1C. The topological polar surface area (TPSA) is 78.4 Å². The molecule has 0 fully saturated rings. The molecule has 1 rings (SSSR count). The van der Waals surface area contributed by atoms with Gasteiger partial charge in [-0.3, -0.25) is 9.59 Å². The van der Waals surface area contributed by atoms with Crippen LogP contribution in [-0.4, -0.2) is 30.1 Å². The molecule has 22 heavy (non-hydrogen) atoms. The molecule has 0 atom stereocenters. The van der Waals surface area contributed by atoms with Gasteiger partial charge in [0.05, 0.1) is 0 Å². The van der Waals surface area contributed by atoms with Crippen LogP contribution in [-0.2, 0) is 16.0 Å². The van der Waals surface area contributed by atoms with Crippen molar-refractivity contribution < 1.29 is 14.7 Å². The number of aryl methyl sites for hydroxylation is 2. The van der Waals surface area contributed by atoms with Gasteiger partial charge in [-0.1, -0.05) is 26.8 Å². The third kappa shape index (κ3) is 5.48. The molecule has 2 amide bonds. The molecule has 3 N–H and O–H groups in total. The number of benzene rings is 1. The van der Waals surface area contributed by atoms with Gasteiger partial charge in [-0.25, -0.2) is 0 Å². The summed E-state index contributed by atoms with van der Waals surface area (Å²) in [6.07, 6.45) is 1.43. The lowest BCUT2D eigenvalue weighted by Crippen LogP contribution is -2.40. The second-order valence-corrected chi connectivity index (χ2v) is 6.27. The first-order valence-corrected chi connectivity index (χ1v) is 7.58. The smallest absolute Gasteiger partial charge is 0.313 e. The van der Waals surface area contributed by atoms with Crippen LogP contribution in [0.1, 0.15) is 38.3 Å². The first-order valence-electron chi connectivity index (χ1n) is 7.58. The van der Waals surface area contributed by atoms with Crippen molar-refractivity contribution >= 4 is 17.5 Å². The Balaban J connectivity index is 2.59. The van der Waals surface area contributed by atoms with Crippen molar-refractivity contribution in [2.45, 2.75) is 40.5 Å². The molecule has 0 aliphatic carbocycles. The molecule has 0 saturated heterocycles. The standard InChI is InChI=1S/C17H26N2O3/c1-5-13-10-14(7-6-12(13)2)19-16(22)15(21)18-11-17(3,4)8-9-20/h6-7,10,20H,5,8-9,11H2,1-4H3,(H,18,21)(H,19,22). The number of carbonyl (C=O) groups is 2. The van der Waals surface area contributed by atoms with Gasteiger partial charge in [0.1, 0.15) is 0 Å². The quantitative estimate of drug-likeness (QED) is 0.704. The number of aliphatic hydroxyl groups is 1. The van der Waals surface area contributed by atoms with Crippen molar-refractivity contribution in [3.8, 4) is 0 Å². The minimum atomic E-state index is -0.675. The molecule has 0 unspecified atom stereocenters. The van der Waals surface area contributed by atoms with E-state index >= 15 is 0 Å². The molecule has 0 bridgehead atoms. The summed E-state index contributed by atoms with van der Waals surface area (Å²) in [4.78, 5) is 23.7. The van der Waals surface area contributed by atoms with Crippen molar-refractivity contribution in [2.75, 3.05) is 18.5 Å². The molecule has 0 aliphatic rings. The van der Waals surface area contributed by atoms with Gasteiger partial charge in [0.15, 0.2) is 0 Å². The highest BCUT2D eigenvalue weighted by molar-refractivity contribution is 6.39. The predicted octanol–water partition coefficient (Wildman–Crippen LogP) is 2.02. The summed E-state index contributed by atoms with van der Waals surface area (Å²) in [7, 11) is 0. The fraction of sp³-hybridized carbons (Fsp3) is 0.529. The molecule has 5 heteroatoms. The number of rotatable bonds is 6. The van der Waals surface area contributed by atoms with Gasteiger partial charge < -0.3 is 15.7 Å². The third-order valence-corrected chi connectivity index (χ3v) is 3.71. The molecule has 5 nitrogen and oxygen atoms in total. The summed E-state index contributed by atoms with van der Waals surface area (Å²) in [5.74, 6) is -1.34. The van der Waals surface area contributed by atoms with E-state index in [-0.39, 0.29) is 12.0 Å². The summed E-state index contributed by atoms with van der Waals surface area (Å²) in [5.41, 5.74) is 2.68. The van der Waals surface area contributed by atoms with Crippen LogP contribution in [0.2, 0.25) is 0 Å². The zero-order valence-electron chi connectivity index (χ0n) is 13.8. The Hall–Kier alpha value is -1.88. The molecule has 122 valence electrons. The van der Waals surface area contributed by atoms with Crippen LogP contribution in [0.5, 0.6) is 0 Å². The monoisotopic (exact) mass is 306 g/mol. The minimum Gasteiger partial charge on any atom is -0.396 e. The lowest BCUT2D eigenvalue weighted by molar-refractivity contribution is -0.136. The maximum atomic E-state index is 11.9. The Labute approximate surface area is 132 Å². The highest BCUT2D eigenvalue weighted by atomic mass is 16.3. The highest BCUT2D eigenvalue weighted by Crippen LogP contribution is 2.18. The molecule has 1 aromatic carbocycles. The van der Waals surface area contributed by atoms with Crippen molar-refractivity contribution in [3.05, 3.63) is 29.3 Å². The van der Waals surface area contributed by atoms with E-state index in [1.165, 1.54) is 0 Å². The molecule has 0 spiro atoms. The average Bonchev–Trinajstić information content (AvgIpc) is 2.46. The van der Waals surface area contributed by atoms with Crippen molar-refractivity contribution in [2.24, 2.45) is 5.41 Å². The first-order chi connectivity index (χ1) is 10.3. The third-order valence-electron chi connectivity index (χ3n) is 3.71. The molecule has 0 aliphatic heterocycles. The zero-order chi connectivity index (χ0) is 16.8. The van der Waals surface area contributed by atoms with Crippen LogP contribution in [0.15, 0.2) is 18.2 Å². The predicted molar refractivity (Wildman–Crippen MR) is 87.7 cm³/mol. The Bertz CT molecular complexity index is 539. The maximum Gasteiger partial charge on any atom is 0.313 e. The van der Waals surface area contributed by atoms with E-state index in [9.17, 15) is 9.59 Å². The van der Waals surface area contributed by atoms with Crippen LogP contribution in [0.25, 0.3) is 0 Å². The Morgan fingerprint density at radius 2 is 1.91 bits per heavy atom. The largest absolute Gasteiger partial charge is 0.396 e. The number of amides is 2. The van der Waals surface area contributed by atoms with E-state index in [4.69, 9.17) is 5.11 Å². The Morgan fingerprint density at radius 3 is 2.50 bits per heavy atom. The molecular weight excluding hydrogens is 280 g/mol. The number of carbonyl (C=O) groups excluding carboxylic acids is 2. The van der Waals surface area contributed by atoms with Crippen LogP contribution < -0.4 is 10.6 Å². The highest BCUT2D eigenvalue weighted by Gasteiger charge is 2.21. The molecule has 0 aromatic heterocycles. The number of nitrogens with one attached hydrogen (secondary N) is 2. The summed E-state index contributed by atoms with van der Waals surface area (Å²) < 4.78 is 0. The number of hydrogen-bond acceptors (Lipinski definition) is 3. The van der Waals surface area contributed by atoms with Gasteiger partial charge in [0, 0.05) is 18.8 Å². The van der Waals surface area contributed by atoms with Gasteiger partial charge in [-0.15, -0.1) is 0 Å². The van der Waals surface area contributed by atoms with Gasteiger partial charge in [0.2, 0.25) is 0 Å². The van der Waals surface area contributed by atoms with E-state index < -0.39 is 11.8 Å². The zero-order valence-corrected chi connectivity index (χ0v) is 13.8. The van der Waals surface area contributed by atoms with Gasteiger partial charge in [-0.05, 0) is 48.4 Å². The number of aliphatic hydroxyl groups excluding tert-OH is 1. The minimum absolute atomic E-state index is 0.0538. The van der Waals surface area contributed by atoms with Gasteiger partial charge in [-0.2, -0.15) is 0 Å². The van der Waals surface area contributed by atoms with Crippen LogP contribution in [0, 0.1) is 12.3 Å². The van der Waals surface area contributed by atoms with Crippen molar-refractivity contribution in [3.63, 3.8) is 0 Å². The van der Waals surface area contributed by atoms with E-state index in [0.717, 1.165) is 17.5 Å². The summed E-state index contributed by atoms with van der Waals surface area (Å²) in [6, 6.07) is 5.60. The van der Waals surface area contributed by atoms with Crippen molar-refractivity contribution in [1.82, 2.24) is 5.32 Å². The van der Waals surface area contributed by atoms with Gasteiger partial charge in [0.25, 0.3) is 0 Å². The lowest BCUT2D eigenvalue weighted by atomic mass is 9.90. The number of anilines is 1. The van der Waals surface area contributed by atoms with Crippen LogP contribution in [0.4, 0.5) is 5.69 Å². The Kier molecular flexibility index (Phi) is 6.56. The first kappa shape index (κ1) is 18.2. The molecule has 0 radical (unpaired) electrons. The summed E-state index contributed by atoms with van der Waals surface area (Å²) in [6.45, 7) is 8.31.